The quantitative estimate of drug-likeness (QED) is 0.878. The van der Waals surface area contributed by atoms with Gasteiger partial charge in [-0.25, -0.2) is 0 Å². The third-order valence-corrected chi connectivity index (χ3v) is 3.67. The lowest BCUT2D eigenvalue weighted by atomic mass is 10.1. The third kappa shape index (κ3) is 4.45. The molecule has 0 aliphatic rings. The van der Waals surface area contributed by atoms with Crippen LogP contribution in [0.5, 0.6) is 0 Å². The van der Waals surface area contributed by atoms with Crippen LogP contribution >= 0.6 is 11.6 Å². The maximum absolute atomic E-state index is 6.38. The fourth-order valence-corrected chi connectivity index (χ4v) is 2.44. The highest BCUT2D eigenvalue weighted by molar-refractivity contribution is 6.31. The van der Waals surface area contributed by atoms with Crippen LogP contribution in [0, 0.1) is 0 Å². The minimum Gasteiger partial charge on any atom is -0.368 e. The molecule has 21 heavy (non-hydrogen) atoms. The molecule has 0 saturated carbocycles. The van der Waals surface area contributed by atoms with Crippen LogP contribution in [0.2, 0.25) is 5.02 Å². The molecule has 2 aromatic rings. The number of benzene rings is 1. The zero-order valence-corrected chi connectivity index (χ0v) is 13.6. The van der Waals surface area contributed by atoms with Crippen molar-refractivity contribution in [1.29, 1.82) is 0 Å². The maximum Gasteiger partial charge on any atom is 0.0598 e. The van der Waals surface area contributed by atoms with Crippen LogP contribution in [-0.2, 0) is 13.1 Å². The van der Waals surface area contributed by atoms with E-state index in [1.807, 2.05) is 36.5 Å². The molecule has 0 amide bonds. The average Bonchev–Trinajstić information content (AvgIpc) is 2.46. The summed E-state index contributed by atoms with van der Waals surface area (Å²) in [6, 6.07) is 12.4. The maximum atomic E-state index is 6.38. The molecule has 1 heterocycles. The Hall–Kier alpha value is -1.58. The van der Waals surface area contributed by atoms with Gasteiger partial charge in [0.05, 0.1) is 12.2 Å². The summed E-state index contributed by atoms with van der Waals surface area (Å²) in [7, 11) is 2.07. The Labute approximate surface area is 132 Å². The Morgan fingerprint density at radius 3 is 2.67 bits per heavy atom. The number of pyridine rings is 1. The van der Waals surface area contributed by atoms with E-state index in [0.717, 1.165) is 35.1 Å². The van der Waals surface area contributed by atoms with Crippen molar-refractivity contribution >= 4 is 17.3 Å². The largest absolute Gasteiger partial charge is 0.368 e. The van der Waals surface area contributed by atoms with Gasteiger partial charge in [0.25, 0.3) is 0 Å². The first-order valence-corrected chi connectivity index (χ1v) is 7.57. The van der Waals surface area contributed by atoms with E-state index in [0.29, 0.717) is 6.04 Å². The SMILES string of the molecule is CC(C)NCc1c(Cl)cccc1N(C)Cc1ccccn1. The van der Waals surface area contributed by atoms with E-state index in [-0.39, 0.29) is 0 Å². The van der Waals surface area contributed by atoms with E-state index in [4.69, 9.17) is 11.6 Å². The summed E-state index contributed by atoms with van der Waals surface area (Å²) in [5, 5.41) is 4.23. The van der Waals surface area contributed by atoms with Gasteiger partial charge in [-0.15, -0.1) is 0 Å². The molecule has 4 heteroatoms. The van der Waals surface area contributed by atoms with E-state index in [9.17, 15) is 0 Å². The van der Waals surface area contributed by atoms with Gasteiger partial charge in [0.15, 0.2) is 0 Å². The van der Waals surface area contributed by atoms with Crippen LogP contribution in [0.25, 0.3) is 0 Å². The van der Waals surface area contributed by atoms with Crippen molar-refractivity contribution < 1.29 is 0 Å². The number of nitrogens with zero attached hydrogens (tertiary/aromatic N) is 2. The van der Waals surface area contributed by atoms with Crippen LogP contribution in [0.3, 0.4) is 0 Å². The van der Waals surface area contributed by atoms with Gasteiger partial charge in [0.2, 0.25) is 0 Å². The van der Waals surface area contributed by atoms with Crippen LogP contribution < -0.4 is 10.2 Å². The summed E-state index contributed by atoms with van der Waals surface area (Å²) in [5.41, 5.74) is 3.32. The second kappa shape index (κ2) is 7.43. The van der Waals surface area contributed by atoms with Crippen molar-refractivity contribution in [2.75, 3.05) is 11.9 Å². The Balaban J connectivity index is 2.19. The van der Waals surface area contributed by atoms with Gasteiger partial charge in [-0.2, -0.15) is 0 Å². The molecule has 0 atom stereocenters. The lowest BCUT2D eigenvalue weighted by Gasteiger charge is -2.23. The molecular weight excluding hydrogens is 282 g/mol. The van der Waals surface area contributed by atoms with E-state index in [2.05, 4.69) is 42.2 Å². The molecule has 0 saturated heterocycles. The first-order valence-electron chi connectivity index (χ1n) is 7.19. The molecule has 0 aliphatic heterocycles. The zero-order valence-electron chi connectivity index (χ0n) is 12.8. The fraction of sp³-hybridized carbons (Fsp3) is 0.353. The minimum atomic E-state index is 0.426. The summed E-state index contributed by atoms with van der Waals surface area (Å²) in [6.45, 7) is 5.79. The molecule has 0 unspecified atom stereocenters. The van der Waals surface area contributed by atoms with Crippen molar-refractivity contribution in [3.63, 3.8) is 0 Å². The lowest BCUT2D eigenvalue weighted by Crippen LogP contribution is -2.25. The van der Waals surface area contributed by atoms with Gasteiger partial charge in [-0.1, -0.05) is 37.6 Å². The summed E-state index contributed by atoms with van der Waals surface area (Å²) >= 11 is 6.38. The Kier molecular flexibility index (Phi) is 5.59. The van der Waals surface area contributed by atoms with Crippen molar-refractivity contribution in [3.8, 4) is 0 Å². The smallest absolute Gasteiger partial charge is 0.0598 e. The highest BCUT2D eigenvalue weighted by atomic mass is 35.5. The molecule has 3 nitrogen and oxygen atoms in total. The average molecular weight is 304 g/mol. The van der Waals surface area contributed by atoms with Crippen molar-refractivity contribution in [2.45, 2.75) is 33.0 Å². The van der Waals surface area contributed by atoms with Gasteiger partial charge >= 0.3 is 0 Å². The highest BCUT2D eigenvalue weighted by Gasteiger charge is 2.12. The molecule has 0 bridgehead atoms. The van der Waals surface area contributed by atoms with Crippen molar-refractivity contribution in [2.24, 2.45) is 0 Å². The number of hydrogen-bond acceptors (Lipinski definition) is 3. The first-order chi connectivity index (χ1) is 10.1. The minimum absolute atomic E-state index is 0.426. The summed E-state index contributed by atoms with van der Waals surface area (Å²) < 4.78 is 0. The van der Waals surface area contributed by atoms with Crippen LogP contribution in [-0.4, -0.2) is 18.1 Å². The van der Waals surface area contributed by atoms with Gasteiger partial charge in [0.1, 0.15) is 0 Å². The second-order valence-electron chi connectivity index (χ2n) is 5.45. The van der Waals surface area contributed by atoms with E-state index in [1.54, 1.807) is 0 Å². The predicted molar refractivity (Wildman–Crippen MR) is 89.8 cm³/mol. The Bertz CT molecular complexity index is 570. The Morgan fingerprint density at radius 2 is 2.00 bits per heavy atom. The molecule has 0 aliphatic carbocycles. The molecule has 0 fully saturated rings. The highest BCUT2D eigenvalue weighted by Crippen LogP contribution is 2.27. The van der Waals surface area contributed by atoms with Gasteiger partial charge < -0.3 is 10.2 Å². The molecule has 1 aromatic carbocycles. The number of hydrogen-bond donors (Lipinski definition) is 1. The monoisotopic (exact) mass is 303 g/mol. The van der Waals surface area contributed by atoms with Crippen LogP contribution in [0.4, 0.5) is 5.69 Å². The molecule has 1 aromatic heterocycles. The fourth-order valence-electron chi connectivity index (χ4n) is 2.21. The topological polar surface area (TPSA) is 28.2 Å². The third-order valence-electron chi connectivity index (χ3n) is 3.32. The number of nitrogens with one attached hydrogen (secondary N) is 1. The lowest BCUT2D eigenvalue weighted by molar-refractivity contribution is 0.588. The Morgan fingerprint density at radius 1 is 1.19 bits per heavy atom. The summed E-state index contributed by atoms with van der Waals surface area (Å²) in [6.07, 6.45) is 1.82. The van der Waals surface area contributed by atoms with Crippen LogP contribution in [0.1, 0.15) is 25.1 Å². The van der Waals surface area contributed by atoms with Crippen molar-refractivity contribution in [1.82, 2.24) is 10.3 Å². The number of anilines is 1. The predicted octanol–water partition coefficient (Wildman–Crippen LogP) is 3.87. The van der Waals surface area contributed by atoms with Gasteiger partial charge in [-0.05, 0) is 24.3 Å². The van der Waals surface area contributed by atoms with Crippen molar-refractivity contribution in [3.05, 3.63) is 58.9 Å². The van der Waals surface area contributed by atoms with Gasteiger partial charge in [0, 0.05) is 42.1 Å². The second-order valence-corrected chi connectivity index (χ2v) is 5.86. The summed E-state index contributed by atoms with van der Waals surface area (Å²) in [5.74, 6) is 0. The zero-order chi connectivity index (χ0) is 15.2. The van der Waals surface area contributed by atoms with Crippen LogP contribution in [0.15, 0.2) is 42.6 Å². The standard InChI is InChI=1S/C17H22ClN3/c1-13(2)20-11-15-16(18)8-6-9-17(15)21(3)12-14-7-4-5-10-19-14/h4-10,13,20H,11-12H2,1-3H3. The number of halogens is 1. The molecule has 112 valence electrons. The summed E-state index contributed by atoms with van der Waals surface area (Å²) in [4.78, 5) is 6.57. The van der Waals surface area contributed by atoms with E-state index >= 15 is 0 Å². The normalized spacial score (nSPS) is 10.9. The molecular formula is C17H22ClN3. The number of rotatable bonds is 6. The molecule has 0 spiro atoms. The van der Waals surface area contributed by atoms with Gasteiger partial charge in [-0.3, -0.25) is 4.98 Å². The van der Waals surface area contributed by atoms with E-state index < -0.39 is 0 Å². The first kappa shape index (κ1) is 15.8. The molecule has 1 N–H and O–H groups in total. The number of aromatic nitrogens is 1. The van der Waals surface area contributed by atoms with E-state index in [1.165, 1.54) is 0 Å². The molecule has 0 radical (unpaired) electrons. The molecule has 2 rings (SSSR count).